The van der Waals surface area contributed by atoms with Crippen molar-refractivity contribution in [3.05, 3.63) is 84.6 Å². The fourth-order valence-corrected chi connectivity index (χ4v) is 3.16. The van der Waals surface area contributed by atoms with Crippen LogP contribution in [0.2, 0.25) is 0 Å². The molecule has 0 aliphatic heterocycles. The number of carbonyl (C=O) groups excluding carboxylic acids is 1. The van der Waals surface area contributed by atoms with Gasteiger partial charge >= 0.3 is 12.1 Å². The minimum absolute atomic E-state index is 0.120. The van der Waals surface area contributed by atoms with E-state index >= 15 is 0 Å². The topological polar surface area (TPSA) is 115 Å². The lowest BCUT2D eigenvalue weighted by atomic mass is 10.1. The van der Waals surface area contributed by atoms with Crippen molar-refractivity contribution < 1.29 is 23.8 Å². The van der Waals surface area contributed by atoms with Crippen LogP contribution in [0.1, 0.15) is 11.3 Å². The molecule has 0 bridgehead atoms. The number of amides is 1. The Morgan fingerprint density at radius 2 is 1.87 bits per heavy atom. The van der Waals surface area contributed by atoms with Crippen LogP contribution in [-0.4, -0.2) is 33.2 Å². The van der Waals surface area contributed by atoms with Gasteiger partial charge in [0.15, 0.2) is 6.61 Å². The number of rotatable bonds is 7. The highest BCUT2D eigenvalue weighted by Crippen LogP contribution is 2.26. The monoisotopic (exact) mass is 417 g/mol. The highest BCUT2D eigenvalue weighted by molar-refractivity contribution is 5.84. The molecule has 1 amide bonds. The van der Waals surface area contributed by atoms with E-state index in [1.807, 2.05) is 30.3 Å². The Kier molecular flexibility index (Phi) is 5.89. The van der Waals surface area contributed by atoms with E-state index in [2.05, 4.69) is 15.3 Å². The Morgan fingerprint density at radius 3 is 2.61 bits per heavy atom. The summed E-state index contributed by atoms with van der Waals surface area (Å²) in [6.45, 7) is -0.121. The quantitative estimate of drug-likeness (QED) is 0.470. The lowest BCUT2D eigenvalue weighted by Crippen LogP contribution is -2.42. The first-order chi connectivity index (χ1) is 15.1. The number of carboxylic acid groups (broad SMARTS) is 1. The molecule has 156 valence electrons. The second kappa shape index (κ2) is 9.08. The SMILES string of the molecule is O=C(NC(Cc1ccncc1)C(=O)O)OCc1cc2cc(-c3cccnc3)ccc2o1. The van der Waals surface area contributed by atoms with E-state index in [-0.39, 0.29) is 13.0 Å². The summed E-state index contributed by atoms with van der Waals surface area (Å²) in [6.07, 6.45) is 5.90. The zero-order valence-corrected chi connectivity index (χ0v) is 16.4. The summed E-state index contributed by atoms with van der Waals surface area (Å²) in [7, 11) is 0. The third kappa shape index (κ3) is 5.05. The van der Waals surface area contributed by atoms with Crippen LogP contribution in [0.3, 0.4) is 0 Å². The number of alkyl carbamates (subject to hydrolysis) is 1. The molecule has 0 saturated heterocycles. The van der Waals surface area contributed by atoms with Gasteiger partial charge in [0.05, 0.1) is 0 Å². The molecule has 1 aromatic carbocycles. The summed E-state index contributed by atoms with van der Waals surface area (Å²) < 4.78 is 10.9. The van der Waals surface area contributed by atoms with Crippen LogP contribution in [0.15, 0.2) is 77.7 Å². The number of aliphatic carboxylic acids is 1. The largest absolute Gasteiger partial charge is 0.480 e. The number of carboxylic acids is 1. The maximum absolute atomic E-state index is 12.1. The number of nitrogens with zero attached hydrogens (tertiary/aromatic N) is 2. The van der Waals surface area contributed by atoms with Crippen molar-refractivity contribution in [1.82, 2.24) is 15.3 Å². The van der Waals surface area contributed by atoms with Gasteiger partial charge in [0.1, 0.15) is 17.4 Å². The van der Waals surface area contributed by atoms with Crippen molar-refractivity contribution in [2.45, 2.75) is 19.1 Å². The molecule has 0 spiro atoms. The minimum Gasteiger partial charge on any atom is -0.480 e. The molecule has 4 rings (SSSR count). The standard InChI is InChI=1S/C23H19N3O5/c27-22(28)20(10-15-5-8-24-9-6-15)26-23(29)30-14-19-12-18-11-16(3-4-21(18)31-19)17-2-1-7-25-13-17/h1-9,11-13,20H,10,14H2,(H,26,29)(H,27,28). The number of nitrogens with one attached hydrogen (secondary N) is 1. The van der Waals surface area contributed by atoms with Crippen molar-refractivity contribution in [1.29, 1.82) is 0 Å². The number of furan rings is 1. The first-order valence-corrected chi connectivity index (χ1v) is 9.56. The van der Waals surface area contributed by atoms with E-state index in [9.17, 15) is 14.7 Å². The van der Waals surface area contributed by atoms with E-state index in [0.717, 1.165) is 22.1 Å². The number of carbonyl (C=O) groups is 2. The van der Waals surface area contributed by atoms with Crippen LogP contribution in [-0.2, 0) is 22.6 Å². The van der Waals surface area contributed by atoms with Crippen LogP contribution in [0.5, 0.6) is 0 Å². The fraction of sp³-hybridized carbons (Fsp3) is 0.130. The molecular formula is C23H19N3O5. The summed E-state index contributed by atoms with van der Waals surface area (Å²) in [4.78, 5) is 31.6. The first-order valence-electron chi connectivity index (χ1n) is 9.56. The molecular weight excluding hydrogens is 398 g/mol. The molecule has 0 aliphatic carbocycles. The van der Waals surface area contributed by atoms with E-state index < -0.39 is 18.1 Å². The van der Waals surface area contributed by atoms with Crippen LogP contribution >= 0.6 is 0 Å². The third-order valence-electron chi connectivity index (χ3n) is 4.69. The predicted octanol–water partition coefficient (Wildman–Crippen LogP) is 3.81. The molecule has 1 atom stereocenters. The average Bonchev–Trinajstić information content (AvgIpc) is 3.21. The highest BCUT2D eigenvalue weighted by Gasteiger charge is 2.21. The van der Waals surface area contributed by atoms with E-state index in [0.29, 0.717) is 11.3 Å². The van der Waals surface area contributed by atoms with Gasteiger partial charge in [0.25, 0.3) is 0 Å². The van der Waals surface area contributed by atoms with Crippen LogP contribution < -0.4 is 5.32 Å². The lowest BCUT2D eigenvalue weighted by molar-refractivity contribution is -0.139. The van der Waals surface area contributed by atoms with E-state index in [4.69, 9.17) is 9.15 Å². The molecule has 0 radical (unpaired) electrons. The Balaban J connectivity index is 1.38. The number of hydrogen-bond donors (Lipinski definition) is 2. The summed E-state index contributed by atoms with van der Waals surface area (Å²) >= 11 is 0. The molecule has 8 heteroatoms. The maximum Gasteiger partial charge on any atom is 0.408 e. The molecule has 3 aromatic heterocycles. The zero-order chi connectivity index (χ0) is 21.6. The van der Waals surface area contributed by atoms with Crippen molar-refractivity contribution >= 4 is 23.0 Å². The first kappa shape index (κ1) is 20.1. The number of aromatic nitrogens is 2. The van der Waals surface area contributed by atoms with Crippen molar-refractivity contribution in [3.8, 4) is 11.1 Å². The number of hydrogen-bond acceptors (Lipinski definition) is 6. The molecule has 2 N–H and O–H groups in total. The summed E-state index contributed by atoms with van der Waals surface area (Å²) in [5.74, 6) is -0.699. The van der Waals surface area contributed by atoms with Crippen LogP contribution in [0, 0.1) is 0 Å². The zero-order valence-electron chi connectivity index (χ0n) is 16.4. The highest BCUT2D eigenvalue weighted by atomic mass is 16.6. The molecule has 31 heavy (non-hydrogen) atoms. The van der Waals surface area contributed by atoms with Crippen LogP contribution in [0.4, 0.5) is 4.79 Å². The Morgan fingerprint density at radius 1 is 1.03 bits per heavy atom. The number of benzene rings is 1. The van der Waals surface area contributed by atoms with Crippen molar-refractivity contribution in [2.24, 2.45) is 0 Å². The second-order valence-electron chi connectivity index (χ2n) is 6.88. The minimum atomic E-state index is -1.15. The normalized spacial score (nSPS) is 11.7. The predicted molar refractivity (Wildman–Crippen MR) is 112 cm³/mol. The van der Waals surface area contributed by atoms with Gasteiger partial charge in [-0.1, -0.05) is 12.1 Å². The Labute approximate surface area is 177 Å². The smallest absolute Gasteiger partial charge is 0.408 e. The van der Waals surface area contributed by atoms with E-state index in [1.54, 1.807) is 43.0 Å². The van der Waals surface area contributed by atoms with E-state index in [1.165, 1.54) is 0 Å². The molecule has 0 aliphatic rings. The van der Waals surface area contributed by atoms with Gasteiger partial charge in [0.2, 0.25) is 0 Å². The summed E-state index contributed by atoms with van der Waals surface area (Å²) in [5, 5.41) is 12.6. The van der Waals surface area contributed by atoms with Gasteiger partial charge in [0, 0.05) is 42.2 Å². The number of pyridine rings is 2. The fourth-order valence-electron chi connectivity index (χ4n) is 3.16. The van der Waals surface area contributed by atoms with Gasteiger partial charge in [-0.2, -0.15) is 0 Å². The van der Waals surface area contributed by atoms with Gasteiger partial charge in [-0.05, 0) is 47.5 Å². The Hall–Kier alpha value is -4.20. The molecule has 3 heterocycles. The molecule has 8 nitrogen and oxygen atoms in total. The van der Waals surface area contributed by atoms with Gasteiger partial charge in [-0.25, -0.2) is 9.59 Å². The van der Waals surface area contributed by atoms with Crippen LogP contribution in [0.25, 0.3) is 22.1 Å². The van der Waals surface area contributed by atoms with Crippen molar-refractivity contribution in [2.75, 3.05) is 0 Å². The Bertz CT molecular complexity index is 1190. The average molecular weight is 417 g/mol. The molecule has 0 fully saturated rings. The molecule has 1 unspecified atom stereocenters. The summed E-state index contributed by atoms with van der Waals surface area (Å²) in [6, 6.07) is 13.6. The third-order valence-corrected chi connectivity index (χ3v) is 4.69. The second-order valence-corrected chi connectivity index (χ2v) is 6.88. The van der Waals surface area contributed by atoms with Gasteiger partial charge < -0.3 is 19.6 Å². The number of ether oxygens (including phenoxy) is 1. The van der Waals surface area contributed by atoms with Gasteiger partial charge in [-0.3, -0.25) is 9.97 Å². The molecule has 4 aromatic rings. The number of fused-ring (bicyclic) bond motifs is 1. The van der Waals surface area contributed by atoms with Crippen molar-refractivity contribution in [3.63, 3.8) is 0 Å². The maximum atomic E-state index is 12.1. The summed E-state index contributed by atoms with van der Waals surface area (Å²) in [5.41, 5.74) is 3.38. The lowest BCUT2D eigenvalue weighted by Gasteiger charge is -2.14. The van der Waals surface area contributed by atoms with Gasteiger partial charge in [-0.15, -0.1) is 0 Å². The molecule has 0 saturated carbocycles.